The molecular weight excluding hydrogens is 232 g/mol. The lowest BCUT2D eigenvalue weighted by Crippen LogP contribution is -2.43. The van der Waals surface area contributed by atoms with Crippen molar-refractivity contribution in [3.63, 3.8) is 0 Å². The average molecular weight is 266 g/mol. The van der Waals surface area contributed by atoms with Crippen LogP contribution in [0.15, 0.2) is 0 Å². The number of hydrogen-bond donors (Lipinski definition) is 1. The number of nitrogens with one attached hydrogen (secondary N) is 1. The van der Waals surface area contributed by atoms with Crippen molar-refractivity contribution in [3.8, 4) is 0 Å². The summed E-state index contributed by atoms with van der Waals surface area (Å²) in [6.07, 6.45) is 12.7. The number of rotatable bonds is 6. The maximum absolute atomic E-state index is 3.72. The third kappa shape index (κ3) is 4.75. The molecule has 0 aliphatic carbocycles. The molecule has 0 saturated carbocycles. The summed E-state index contributed by atoms with van der Waals surface area (Å²) in [5.41, 5.74) is 0. The molecule has 2 aliphatic heterocycles. The van der Waals surface area contributed by atoms with E-state index in [4.69, 9.17) is 0 Å². The zero-order valence-corrected chi connectivity index (χ0v) is 13.2. The molecule has 2 rings (SSSR count). The van der Waals surface area contributed by atoms with Crippen molar-refractivity contribution in [2.45, 2.75) is 83.7 Å². The van der Waals surface area contributed by atoms with E-state index >= 15 is 0 Å². The van der Waals surface area contributed by atoms with Crippen LogP contribution in [0.4, 0.5) is 0 Å². The summed E-state index contributed by atoms with van der Waals surface area (Å²) in [6, 6.07) is 1.69. The van der Waals surface area contributed by atoms with E-state index in [-0.39, 0.29) is 0 Å². The molecule has 2 fully saturated rings. The lowest BCUT2D eigenvalue weighted by Gasteiger charge is -2.37. The molecular formula is C17H34N2. The first-order valence-corrected chi connectivity index (χ1v) is 8.78. The van der Waals surface area contributed by atoms with Gasteiger partial charge in [0.25, 0.3) is 0 Å². The van der Waals surface area contributed by atoms with Crippen LogP contribution in [0.25, 0.3) is 0 Å². The van der Waals surface area contributed by atoms with Gasteiger partial charge in [0.1, 0.15) is 0 Å². The van der Waals surface area contributed by atoms with Crippen LogP contribution in [0.2, 0.25) is 0 Å². The van der Waals surface area contributed by atoms with Crippen LogP contribution >= 0.6 is 0 Å². The molecule has 1 unspecified atom stereocenters. The molecule has 0 radical (unpaired) electrons. The SMILES string of the molecule is CCC[C@@H]1CCCCN1CCC(C)[C@@H]1CCCCN1. The van der Waals surface area contributed by atoms with Crippen molar-refractivity contribution in [1.82, 2.24) is 10.2 Å². The Morgan fingerprint density at radius 1 is 1.16 bits per heavy atom. The summed E-state index contributed by atoms with van der Waals surface area (Å²) in [5.74, 6) is 0.851. The second kappa shape index (κ2) is 8.26. The minimum atomic E-state index is 0.795. The van der Waals surface area contributed by atoms with Crippen molar-refractivity contribution in [2.24, 2.45) is 5.92 Å². The highest BCUT2D eigenvalue weighted by Gasteiger charge is 2.24. The highest BCUT2D eigenvalue weighted by atomic mass is 15.2. The second-order valence-corrected chi connectivity index (χ2v) is 6.80. The van der Waals surface area contributed by atoms with Crippen molar-refractivity contribution in [1.29, 1.82) is 0 Å². The molecule has 112 valence electrons. The van der Waals surface area contributed by atoms with Gasteiger partial charge in [-0.25, -0.2) is 0 Å². The van der Waals surface area contributed by atoms with E-state index in [0.29, 0.717) is 0 Å². The van der Waals surface area contributed by atoms with Crippen LogP contribution in [0.5, 0.6) is 0 Å². The molecule has 0 aromatic carbocycles. The van der Waals surface area contributed by atoms with Gasteiger partial charge in [0.15, 0.2) is 0 Å². The summed E-state index contributed by atoms with van der Waals surface area (Å²) >= 11 is 0. The normalized spacial score (nSPS) is 31.3. The van der Waals surface area contributed by atoms with Gasteiger partial charge in [-0.2, -0.15) is 0 Å². The zero-order valence-electron chi connectivity index (χ0n) is 13.2. The largest absolute Gasteiger partial charge is 0.314 e. The maximum atomic E-state index is 3.72. The van der Waals surface area contributed by atoms with Gasteiger partial charge in [-0.1, -0.05) is 33.1 Å². The minimum Gasteiger partial charge on any atom is -0.314 e. The average Bonchev–Trinajstić information content (AvgIpc) is 2.47. The third-order valence-corrected chi connectivity index (χ3v) is 5.28. The fourth-order valence-corrected chi connectivity index (χ4v) is 3.95. The predicted octanol–water partition coefficient (Wildman–Crippen LogP) is 3.81. The summed E-state index contributed by atoms with van der Waals surface area (Å²) in [5, 5.41) is 3.72. The van der Waals surface area contributed by atoms with Gasteiger partial charge >= 0.3 is 0 Å². The zero-order chi connectivity index (χ0) is 13.5. The van der Waals surface area contributed by atoms with Crippen molar-refractivity contribution in [2.75, 3.05) is 19.6 Å². The standard InChI is InChI=1S/C17H34N2/c1-3-8-16-9-5-7-13-19(16)14-11-15(2)17-10-4-6-12-18-17/h15-18H,3-14H2,1-2H3/t15?,16-,17+/m1/s1. The van der Waals surface area contributed by atoms with Gasteiger partial charge in [0.05, 0.1) is 0 Å². The van der Waals surface area contributed by atoms with Gasteiger partial charge in [-0.3, -0.25) is 0 Å². The van der Waals surface area contributed by atoms with Crippen molar-refractivity contribution >= 4 is 0 Å². The Balaban J connectivity index is 1.72. The molecule has 2 saturated heterocycles. The van der Waals surface area contributed by atoms with E-state index in [1.54, 1.807) is 0 Å². The predicted molar refractivity (Wildman–Crippen MR) is 83.5 cm³/mol. The van der Waals surface area contributed by atoms with Gasteiger partial charge < -0.3 is 10.2 Å². The lowest BCUT2D eigenvalue weighted by molar-refractivity contribution is 0.126. The molecule has 0 bridgehead atoms. The van der Waals surface area contributed by atoms with E-state index in [9.17, 15) is 0 Å². The van der Waals surface area contributed by atoms with E-state index in [1.807, 2.05) is 0 Å². The molecule has 2 heteroatoms. The Hall–Kier alpha value is -0.0800. The van der Waals surface area contributed by atoms with Gasteiger partial charge in [0.2, 0.25) is 0 Å². The van der Waals surface area contributed by atoms with Crippen molar-refractivity contribution < 1.29 is 0 Å². The van der Waals surface area contributed by atoms with Crippen LogP contribution < -0.4 is 5.32 Å². The van der Waals surface area contributed by atoms with Crippen LogP contribution in [-0.4, -0.2) is 36.6 Å². The topological polar surface area (TPSA) is 15.3 Å². The summed E-state index contributed by atoms with van der Waals surface area (Å²) < 4.78 is 0. The van der Waals surface area contributed by atoms with E-state index in [0.717, 1.165) is 18.0 Å². The van der Waals surface area contributed by atoms with Crippen LogP contribution in [0.3, 0.4) is 0 Å². The molecule has 0 spiro atoms. The summed E-state index contributed by atoms with van der Waals surface area (Å²) in [4.78, 5) is 2.80. The molecule has 0 amide bonds. The Kier molecular flexibility index (Phi) is 6.66. The summed E-state index contributed by atoms with van der Waals surface area (Å²) in [7, 11) is 0. The Morgan fingerprint density at radius 3 is 2.74 bits per heavy atom. The second-order valence-electron chi connectivity index (χ2n) is 6.80. The first-order chi connectivity index (χ1) is 9.31. The molecule has 2 heterocycles. The molecule has 1 N–H and O–H groups in total. The smallest absolute Gasteiger partial charge is 0.00951 e. The molecule has 0 aromatic heterocycles. The Bertz CT molecular complexity index is 233. The van der Waals surface area contributed by atoms with E-state index in [2.05, 4.69) is 24.1 Å². The van der Waals surface area contributed by atoms with E-state index in [1.165, 1.54) is 77.4 Å². The first kappa shape index (κ1) is 15.3. The van der Waals surface area contributed by atoms with Crippen LogP contribution in [0, 0.1) is 5.92 Å². The lowest BCUT2D eigenvalue weighted by atomic mass is 9.90. The fourth-order valence-electron chi connectivity index (χ4n) is 3.95. The molecule has 2 nitrogen and oxygen atoms in total. The number of hydrogen-bond acceptors (Lipinski definition) is 2. The minimum absolute atomic E-state index is 0.795. The number of nitrogens with zero attached hydrogens (tertiary/aromatic N) is 1. The van der Waals surface area contributed by atoms with Gasteiger partial charge in [0, 0.05) is 12.1 Å². The number of likely N-dealkylation sites (tertiary alicyclic amines) is 1. The Morgan fingerprint density at radius 2 is 2.00 bits per heavy atom. The Labute approximate surface area is 120 Å². The molecule has 3 atom stereocenters. The monoisotopic (exact) mass is 266 g/mol. The van der Waals surface area contributed by atoms with Crippen molar-refractivity contribution in [3.05, 3.63) is 0 Å². The molecule has 0 aromatic rings. The van der Waals surface area contributed by atoms with Crippen LogP contribution in [0.1, 0.15) is 71.6 Å². The first-order valence-electron chi connectivity index (χ1n) is 8.78. The fraction of sp³-hybridized carbons (Fsp3) is 1.00. The van der Waals surface area contributed by atoms with Gasteiger partial charge in [-0.05, 0) is 64.1 Å². The highest BCUT2D eigenvalue weighted by Crippen LogP contribution is 2.23. The molecule has 2 aliphatic rings. The maximum Gasteiger partial charge on any atom is 0.00951 e. The molecule has 19 heavy (non-hydrogen) atoms. The van der Waals surface area contributed by atoms with Crippen LogP contribution in [-0.2, 0) is 0 Å². The third-order valence-electron chi connectivity index (χ3n) is 5.28. The van der Waals surface area contributed by atoms with E-state index < -0.39 is 0 Å². The quantitative estimate of drug-likeness (QED) is 0.786. The highest BCUT2D eigenvalue weighted by molar-refractivity contribution is 4.81. The summed E-state index contributed by atoms with van der Waals surface area (Å²) in [6.45, 7) is 8.74. The number of piperidine rings is 2. The van der Waals surface area contributed by atoms with Gasteiger partial charge in [-0.15, -0.1) is 0 Å².